The maximum Gasteiger partial charge on any atom is 0.321 e. The number of carbonyl (C=O) groups excluding carboxylic acids is 4. The number of thioether (sulfide) groups is 1. The van der Waals surface area contributed by atoms with Gasteiger partial charge in [0.25, 0.3) is 5.91 Å². The zero-order valence-electron chi connectivity index (χ0n) is 16.4. The van der Waals surface area contributed by atoms with Crippen molar-refractivity contribution >= 4 is 35.6 Å². The summed E-state index contributed by atoms with van der Waals surface area (Å²) in [5, 5.41) is 4.61. The highest BCUT2D eigenvalue weighted by Crippen LogP contribution is 2.22. The third kappa shape index (κ3) is 10.2. The summed E-state index contributed by atoms with van der Waals surface area (Å²) in [5.41, 5.74) is 0. The van der Waals surface area contributed by atoms with Crippen molar-refractivity contribution in [1.29, 1.82) is 0 Å². The van der Waals surface area contributed by atoms with E-state index in [-0.39, 0.29) is 23.3 Å². The van der Waals surface area contributed by atoms with E-state index in [4.69, 9.17) is 4.74 Å². The minimum absolute atomic E-state index is 0.000679. The molecule has 0 aliphatic heterocycles. The van der Waals surface area contributed by atoms with Crippen LogP contribution in [0.4, 0.5) is 4.79 Å². The molecule has 0 aromatic heterocycles. The summed E-state index contributed by atoms with van der Waals surface area (Å²) in [6.07, 6.45) is 5.61. The van der Waals surface area contributed by atoms with E-state index in [9.17, 15) is 19.2 Å². The van der Waals surface area contributed by atoms with E-state index in [2.05, 4.69) is 10.6 Å². The summed E-state index contributed by atoms with van der Waals surface area (Å²) in [4.78, 5) is 48.5. The number of nitrogens with zero attached hydrogens (tertiary/aromatic N) is 1. The lowest BCUT2D eigenvalue weighted by Gasteiger charge is -2.31. The van der Waals surface area contributed by atoms with E-state index in [1.165, 1.54) is 6.42 Å². The number of urea groups is 1. The molecule has 0 heterocycles. The second-order valence-electron chi connectivity index (χ2n) is 7.10. The van der Waals surface area contributed by atoms with Crippen LogP contribution >= 0.6 is 11.8 Å². The van der Waals surface area contributed by atoms with Crippen LogP contribution in [0.3, 0.4) is 0 Å². The molecule has 0 aromatic rings. The van der Waals surface area contributed by atoms with E-state index >= 15 is 0 Å². The predicted octanol–water partition coefficient (Wildman–Crippen LogP) is 1.54. The van der Waals surface area contributed by atoms with Gasteiger partial charge in [-0.25, -0.2) is 4.79 Å². The van der Waals surface area contributed by atoms with Crippen LogP contribution in [-0.2, 0) is 19.1 Å². The van der Waals surface area contributed by atoms with Crippen molar-refractivity contribution in [1.82, 2.24) is 15.5 Å². The average Bonchev–Trinajstić information content (AvgIpc) is 2.64. The summed E-state index contributed by atoms with van der Waals surface area (Å²) >= 11 is 1.16. The summed E-state index contributed by atoms with van der Waals surface area (Å²) in [6.45, 7) is 3.78. The number of esters is 1. The van der Waals surface area contributed by atoms with Gasteiger partial charge < -0.3 is 15.0 Å². The molecule has 2 N–H and O–H groups in total. The van der Waals surface area contributed by atoms with Crippen LogP contribution < -0.4 is 10.6 Å². The number of hydrogen-bond donors (Lipinski definition) is 2. The second kappa shape index (κ2) is 12.6. The number of amides is 4. The molecule has 1 saturated carbocycles. The fourth-order valence-corrected chi connectivity index (χ4v) is 3.42. The molecular weight excluding hydrogens is 370 g/mol. The van der Waals surface area contributed by atoms with Gasteiger partial charge in [0.2, 0.25) is 5.91 Å². The Labute approximate surface area is 165 Å². The number of hydrogen-bond acceptors (Lipinski definition) is 6. The van der Waals surface area contributed by atoms with Crippen molar-refractivity contribution in [2.24, 2.45) is 5.92 Å². The Kier molecular flexibility index (Phi) is 10.8. The molecular formula is C18H31N3O5S. The Morgan fingerprint density at radius 1 is 1.11 bits per heavy atom. The van der Waals surface area contributed by atoms with Gasteiger partial charge in [0.15, 0.2) is 6.61 Å². The number of carbonyl (C=O) groups is 4. The summed E-state index contributed by atoms with van der Waals surface area (Å²) < 4.78 is 4.81. The summed E-state index contributed by atoms with van der Waals surface area (Å²) in [5.74, 6) is -0.836. The summed E-state index contributed by atoms with van der Waals surface area (Å²) in [7, 11) is 1.81. The van der Waals surface area contributed by atoms with Crippen molar-refractivity contribution in [2.75, 3.05) is 31.7 Å². The molecule has 27 heavy (non-hydrogen) atoms. The largest absolute Gasteiger partial charge is 0.455 e. The van der Waals surface area contributed by atoms with Gasteiger partial charge in [-0.3, -0.25) is 19.7 Å². The molecule has 1 aliphatic rings. The molecule has 154 valence electrons. The Balaban J connectivity index is 2.14. The van der Waals surface area contributed by atoms with E-state index in [1.807, 2.05) is 20.9 Å². The highest BCUT2D eigenvalue weighted by atomic mass is 32.2. The maximum atomic E-state index is 12.2. The topological polar surface area (TPSA) is 105 Å². The third-order valence-corrected chi connectivity index (χ3v) is 5.14. The van der Waals surface area contributed by atoms with Crippen molar-refractivity contribution < 1.29 is 23.9 Å². The van der Waals surface area contributed by atoms with Crippen molar-refractivity contribution in [3.63, 3.8) is 0 Å². The van der Waals surface area contributed by atoms with E-state index in [0.717, 1.165) is 37.4 Å². The molecule has 9 heteroatoms. The molecule has 0 aromatic carbocycles. The molecule has 0 atom stereocenters. The molecule has 4 amide bonds. The van der Waals surface area contributed by atoms with E-state index in [1.54, 1.807) is 4.90 Å². The lowest BCUT2D eigenvalue weighted by molar-refractivity contribution is -0.145. The average molecular weight is 402 g/mol. The van der Waals surface area contributed by atoms with Crippen LogP contribution in [-0.4, -0.2) is 66.5 Å². The SMILES string of the molecule is CC(C)CNC(=O)NC(=O)COC(=O)CSCC(=O)N(C)C1CCCCC1. The zero-order chi connectivity index (χ0) is 20.2. The van der Waals surface area contributed by atoms with Gasteiger partial charge in [-0.2, -0.15) is 0 Å². The normalized spacial score (nSPS) is 14.5. The third-order valence-electron chi connectivity index (χ3n) is 4.25. The van der Waals surface area contributed by atoms with Crippen molar-refractivity contribution in [2.45, 2.75) is 52.0 Å². The minimum atomic E-state index is -0.692. The van der Waals surface area contributed by atoms with Gasteiger partial charge in [-0.05, 0) is 18.8 Å². The van der Waals surface area contributed by atoms with Crippen LogP contribution in [0.5, 0.6) is 0 Å². The Morgan fingerprint density at radius 3 is 2.41 bits per heavy atom. The smallest absolute Gasteiger partial charge is 0.321 e. The predicted molar refractivity (Wildman–Crippen MR) is 104 cm³/mol. The molecule has 0 saturated heterocycles. The standard InChI is InChI=1S/C18H31N3O5S/c1-13(2)9-19-18(25)20-15(22)10-26-17(24)12-27-11-16(23)21(3)14-7-5-4-6-8-14/h13-14H,4-12H2,1-3H3,(H2,19,20,22,25). The number of ether oxygens (including phenoxy) is 1. The number of nitrogens with one attached hydrogen (secondary N) is 2. The van der Waals surface area contributed by atoms with Crippen molar-refractivity contribution in [3.8, 4) is 0 Å². The fourth-order valence-electron chi connectivity index (χ4n) is 2.69. The maximum absolute atomic E-state index is 12.2. The Bertz CT molecular complexity index is 521. The zero-order valence-corrected chi connectivity index (χ0v) is 17.2. The Hall–Kier alpha value is -1.77. The quantitative estimate of drug-likeness (QED) is 0.568. The fraction of sp³-hybridized carbons (Fsp3) is 0.778. The molecule has 0 radical (unpaired) electrons. The molecule has 0 bridgehead atoms. The van der Waals surface area contributed by atoms with Gasteiger partial charge >= 0.3 is 12.0 Å². The first-order chi connectivity index (χ1) is 12.8. The minimum Gasteiger partial charge on any atom is -0.455 e. The van der Waals surface area contributed by atoms with Gasteiger partial charge in [0.05, 0.1) is 11.5 Å². The van der Waals surface area contributed by atoms with Crippen LogP contribution in [0.2, 0.25) is 0 Å². The summed E-state index contributed by atoms with van der Waals surface area (Å²) in [6, 6.07) is -0.320. The first kappa shape index (κ1) is 23.3. The van der Waals surface area contributed by atoms with Crippen LogP contribution in [0.15, 0.2) is 0 Å². The van der Waals surface area contributed by atoms with Crippen LogP contribution in [0.1, 0.15) is 46.0 Å². The molecule has 0 unspecified atom stereocenters. The second-order valence-corrected chi connectivity index (χ2v) is 8.09. The van der Waals surface area contributed by atoms with Crippen LogP contribution in [0.25, 0.3) is 0 Å². The molecule has 8 nitrogen and oxygen atoms in total. The van der Waals surface area contributed by atoms with Gasteiger partial charge in [0.1, 0.15) is 0 Å². The van der Waals surface area contributed by atoms with E-state index in [0.29, 0.717) is 12.6 Å². The first-order valence-corrected chi connectivity index (χ1v) is 10.5. The lowest BCUT2D eigenvalue weighted by Crippen LogP contribution is -2.42. The van der Waals surface area contributed by atoms with Crippen LogP contribution in [0, 0.1) is 5.92 Å². The molecule has 1 aliphatic carbocycles. The van der Waals surface area contributed by atoms with Gasteiger partial charge in [-0.15, -0.1) is 11.8 Å². The lowest BCUT2D eigenvalue weighted by atomic mass is 9.94. The Morgan fingerprint density at radius 2 is 1.78 bits per heavy atom. The highest BCUT2D eigenvalue weighted by Gasteiger charge is 2.22. The monoisotopic (exact) mass is 401 g/mol. The van der Waals surface area contributed by atoms with E-state index < -0.39 is 24.5 Å². The molecule has 1 rings (SSSR count). The van der Waals surface area contributed by atoms with Gasteiger partial charge in [-0.1, -0.05) is 33.1 Å². The number of rotatable bonds is 9. The first-order valence-electron chi connectivity index (χ1n) is 9.36. The highest BCUT2D eigenvalue weighted by molar-refractivity contribution is 8.00. The molecule has 0 spiro atoms. The molecule has 1 fully saturated rings. The number of imide groups is 1. The van der Waals surface area contributed by atoms with Crippen molar-refractivity contribution in [3.05, 3.63) is 0 Å². The van der Waals surface area contributed by atoms with Gasteiger partial charge in [0, 0.05) is 19.6 Å².